The molecule has 2 aromatic heterocycles. The van der Waals surface area contributed by atoms with Gasteiger partial charge in [-0.15, -0.1) is 0 Å². The maximum atomic E-state index is 11.1. The van der Waals surface area contributed by atoms with Crippen LogP contribution < -0.4 is 5.32 Å². The lowest BCUT2D eigenvalue weighted by Gasteiger charge is -2.22. The molecule has 3 rings (SSSR count). The average Bonchev–Trinajstić information content (AvgIpc) is 3.28. The monoisotopic (exact) mass is 356 g/mol. The van der Waals surface area contributed by atoms with Crippen LogP contribution in [0.5, 0.6) is 0 Å². The van der Waals surface area contributed by atoms with Gasteiger partial charge in [-0.05, 0) is 31.9 Å². The summed E-state index contributed by atoms with van der Waals surface area (Å²) in [4.78, 5) is 30.6. The first-order valence-corrected chi connectivity index (χ1v) is 9.48. The number of carbonyl (C=O) groups is 1. The fraction of sp³-hybridized carbons (Fsp3) is 0.579. The van der Waals surface area contributed by atoms with E-state index < -0.39 is 0 Å². The van der Waals surface area contributed by atoms with Gasteiger partial charge in [0.2, 0.25) is 5.91 Å². The molecule has 0 aliphatic carbocycles. The molecule has 0 aromatic carbocycles. The molecule has 1 aliphatic heterocycles. The highest BCUT2D eigenvalue weighted by atomic mass is 16.1. The Bertz CT molecular complexity index is 728. The molecule has 1 fully saturated rings. The molecule has 0 radical (unpaired) electrons. The number of likely N-dealkylation sites (tertiary alicyclic amines) is 1. The van der Waals surface area contributed by atoms with E-state index in [0.29, 0.717) is 6.54 Å². The molecule has 0 bridgehead atoms. The van der Waals surface area contributed by atoms with Crippen LogP contribution in [-0.4, -0.2) is 37.3 Å². The Morgan fingerprint density at radius 2 is 2.31 bits per heavy atom. The summed E-state index contributed by atoms with van der Waals surface area (Å²) < 4.78 is 0. The maximum absolute atomic E-state index is 11.1. The smallest absolute Gasteiger partial charge is 0.217 e. The van der Waals surface area contributed by atoms with E-state index in [1.165, 1.54) is 13.3 Å². The van der Waals surface area contributed by atoms with Gasteiger partial charge in [0.25, 0.3) is 0 Å². The molecule has 7 heteroatoms. The number of nitrogens with one attached hydrogen (secondary N) is 2. The second-order valence-electron chi connectivity index (χ2n) is 6.90. The molecular weight excluding hydrogens is 328 g/mol. The molecule has 3 heterocycles. The van der Waals surface area contributed by atoms with Gasteiger partial charge in [0.05, 0.1) is 18.3 Å². The topological polar surface area (TPSA) is 86.8 Å². The highest BCUT2D eigenvalue weighted by molar-refractivity contribution is 5.72. The number of aryl methyl sites for hydroxylation is 1. The minimum atomic E-state index is -0.0502. The summed E-state index contributed by atoms with van der Waals surface area (Å²) in [5.74, 6) is 1.87. The molecule has 1 aliphatic rings. The van der Waals surface area contributed by atoms with Crippen molar-refractivity contribution in [1.82, 2.24) is 30.2 Å². The van der Waals surface area contributed by atoms with E-state index in [0.717, 1.165) is 61.8 Å². The van der Waals surface area contributed by atoms with Crippen LogP contribution in [0.15, 0.2) is 18.5 Å². The van der Waals surface area contributed by atoms with Crippen LogP contribution in [-0.2, 0) is 24.3 Å². The van der Waals surface area contributed by atoms with Gasteiger partial charge in [-0.2, -0.15) is 0 Å². The number of unbranched alkanes of at least 4 members (excludes halogenated alkanes) is 1. The molecule has 2 N–H and O–H groups in total. The molecule has 26 heavy (non-hydrogen) atoms. The van der Waals surface area contributed by atoms with Crippen molar-refractivity contribution in [3.05, 3.63) is 41.5 Å². The Labute approximate surface area is 154 Å². The number of carbonyl (C=O) groups excluding carboxylic acids is 1. The lowest BCUT2D eigenvalue weighted by molar-refractivity contribution is -0.119. The van der Waals surface area contributed by atoms with Gasteiger partial charge >= 0.3 is 0 Å². The zero-order valence-electron chi connectivity index (χ0n) is 15.7. The molecule has 140 valence electrons. The molecule has 2 aromatic rings. The van der Waals surface area contributed by atoms with Crippen molar-refractivity contribution in [1.29, 1.82) is 0 Å². The number of rotatable bonds is 8. The van der Waals surface area contributed by atoms with Gasteiger partial charge in [-0.25, -0.2) is 15.0 Å². The number of hydrogen-bond acceptors (Lipinski definition) is 5. The molecular formula is C19H28N6O. The van der Waals surface area contributed by atoms with Crippen molar-refractivity contribution in [3.8, 4) is 0 Å². The van der Waals surface area contributed by atoms with Crippen LogP contribution in [0.1, 0.15) is 68.6 Å². The van der Waals surface area contributed by atoms with E-state index >= 15 is 0 Å². The number of nitrogens with zero attached hydrogens (tertiary/aromatic N) is 4. The summed E-state index contributed by atoms with van der Waals surface area (Å²) in [6.07, 6.45) is 9.28. The van der Waals surface area contributed by atoms with Crippen LogP contribution in [0.4, 0.5) is 0 Å². The first-order valence-electron chi connectivity index (χ1n) is 9.48. The lowest BCUT2D eigenvalue weighted by atomic mass is 10.2. The van der Waals surface area contributed by atoms with Crippen molar-refractivity contribution < 1.29 is 4.79 Å². The minimum absolute atomic E-state index is 0.0502. The van der Waals surface area contributed by atoms with Gasteiger partial charge in [0.1, 0.15) is 11.6 Å². The van der Waals surface area contributed by atoms with E-state index in [4.69, 9.17) is 0 Å². The maximum Gasteiger partial charge on any atom is 0.217 e. The first-order chi connectivity index (χ1) is 12.7. The highest BCUT2D eigenvalue weighted by Crippen LogP contribution is 2.30. The van der Waals surface area contributed by atoms with Crippen LogP contribution in [0, 0.1) is 0 Å². The van der Waals surface area contributed by atoms with E-state index in [1.807, 2.05) is 12.3 Å². The zero-order valence-corrected chi connectivity index (χ0v) is 15.7. The predicted octanol–water partition coefficient (Wildman–Crippen LogP) is 2.52. The van der Waals surface area contributed by atoms with Gasteiger partial charge in [0.15, 0.2) is 0 Å². The zero-order chi connectivity index (χ0) is 18.4. The molecule has 0 unspecified atom stereocenters. The molecule has 1 amide bonds. The average molecular weight is 356 g/mol. The van der Waals surface area contributed by atoms with Crippen molar-refractivity contribution >= 4 is 5.91 Å². The summed E-state index contributed by atoms with van der Waals surface area (Å²) in [5, 5.41) is 2.79. The molecule has 1 atom stereocenters. The number of aromatic nitrogens is 4. The SMILES string of the molecule is CCCCc1ncc(CN2CCC[C@H]2c2nccc(CNC(C)=O)n2)[nH]1. The highest BCUT2D eigenvalue weighted by Gasteiger charge is 2.28. The van der Waals surface area contributed by atoms with E-state index in [-0.39, 0.29) is 11.9 Å². The lowest BCUT2D eigenvalue weighted by Crippen LogP contribution is -2.25. The first kappa shape index (κ1) is 18.5. The fourth-order valence-electron chi connectivity index (χ4n) is 3.37. The summed E-state index contributed by atoms with van der Waals surface area (Å²) in [6.45, 7) is 6.02. The van der Waals surface area contributed by atoms with E-state index in [2.05, 4.69) is 37.1 Å². The Morgan fingerprint density at radius 3 is 3.12 bits per heavy atom. The Kier molecular flexibility index (Phi) is 6.33. The van der Waals surface area contributed by atoms with Crippen molar-refractivity contribution in [3.63, 3.8) is 0 Å². The molecule has 1 saturated heterocycles. The number of H-pyrrole nitrogens is 1. The van der Waals surface area contributed by atoms with Crippen LogP contribution in [0.2, 0.25) is 0 Å². The van der Waals surface area contributed by atoms with E-state index in [1.54, 1.807) is 6.20 Å². The van der Waals surface area contributed by atoms with Crippen LogP contribution in [0.3, 0.4) is 0 Å². The second kappa shape index (κ2) is 8.89. The Morgan fingerprint density at radius 1 is 1.42 bits per heavy atom. The van der Waals surface area contributed by atoms with Crippen LogP contribution in [0.25, 0.3) is 0 Å². The van der Waals surface area contributed by atoms with Crippen molar-refractivity contribution in [2.24, 2.45) is 0 Å². The molecule has 0 spiro atoms. The van der Waals surface area contributed by atoms with Crippen LogP contribution >= 0.6 is 0 Å². The molecule has 0 saturated carbocycles. The number of imidazole rings is 1. The van der Waals surface area contributed by atoms with E-state index in [9.17, 15) is 4.79 Å². The second-order valence-corrected chi connectivity index (χ2v) is 6.90. The summed E-state index contributed by atoms with van der Waals surface area (Å²) >= 11 is 0. The Hall–Kier alpha value is -2.28. The van der Waals surface area contributed by atoms with Gasteiger partial charge in [-0.3, -0.25) is 9.69 Å². The standard InChI is InChI=1S/C19H28N6O/c1-3-4-7-18-22-12-16(23-18)13-25-10-5-6-17(25)19-20-9-8-15(24-19)11-21-14(2)26/h8-9,12,17H,3-7,10-11,13H2,1-2H3,(H,21,26)(H,22,23)/t17-/m0/s1. The summed E-state index contributed by atoms with van der Waals surface area (Å²) in [5.41, 5.74) is 2.00. The number of hydrogen-bond donors (Lipinski definition) is 2. The largest absolute Gasteiger partial charge is 0.351 e. The van der Waals surface area contributed by atoms with Gasteiger partial charge in [0, 0.05) is 38.0 Å². The quantitative estimate of drug-likeness (QED) is 0.759. The minimum Gasteiger partial charge on any atom is -0.351 e. The molecule has 7 nitrogen and oxygen atoms in total. The fourth-order valence-corrected chi connectivity index (χ4v) is 3.37. The van der Waals surface area contributed by atoms with Crippen molar-refractivity contribution in [2.45, 2.75) is 65.1 Å². The third-order valence-electron chi connectivity index (χ3n) is 4.73. The number of amides is 1. The normalized spacial score (nSPS) is 17.5. The summed E-state index contributed by atoms with van der Waals surface area (Å²) in [6, 6.07) is 2.07. The third kappa shape index (κ3) is 4.88. The van der Waals surface area contributed by atoms with Gasteiger partial charge < -0.3 is 10.3 Å². The van der Waals surface area contributed by atoms with Crippen molar-refractivity contribution in [2.75, 3.05) is 6.54 Å². The predicted molar refractivity (Wildman–Crippen MR) is 99.1 cm³/mol. The van der Waals surface area contributed by atoms with Gasteiger partial charge in [-0.1, -0.05) is 13.3 Å². The summed E-state index contributed by atoms with van der Waals surface area (Å²) in [7, 11) is 0. The Balaban J connectivity index is 1.65. The third-order valence-corrected chi connectivity index (χ3v) is 4.73. The number of aromatic amines is 1.